The van der Waals surface area contributed by atoms with E-state index in [4.69, 9.17) is 5.73 Å². The van der Waals surface area contributed by atoms with Crippen molar-refractivity contribution >= 4 is 17.7 Å². The van der Waals surface area contributed by atoms with E-state index in [1.807, 2.05) is 20.8 Å². The van der Waals surface area contributed by atoms with Crippen LogP contribution in [0.1, 0.15) is 52.9 Å². The maximum Gasteiger partial charge on any atom is 0.245 e. The van der Waals surface area contributed by atoms with Crippen molar-refractivity contribution in [2.45, 2.75) is 58.9 Å². The minimum absolute atomic E-state index is 0.00100. The smallest absolute Gasteiger partial charge is 0.245 e. The Morgan fingerprint density at radius 3 is 2.46 bits per heavy atom. The number of piperidine rings is 1. The predicted molar refractivity (Wildman–Crippen MR) is 100 cm³/mol. The van der Waals surface area contributed by atoms with Crippen LogP contribution in [-0.2, 0) is 14.4 Å². The van der Waals surface area contributed by atoms with Crippen LogP contribution >= 0.6 is 0 Å². The van der Waals surface area contributed by atoms with Gasteiger partial charge in [0.25, 0.3) is 0 Å². The third-order valence-electron chi connectivity index (χ3n) is 5.09. The summed E-state index contributed by atoms with van der Waals surface area (Å²) in [5, 5.41) is 2.82. The average Bonchev–Trinajstić information content (AvgIpc) is 3.07. The Hall–Kier alpha value is -1.63. The molecule has 0 aromatic rings. The Labute approximate surface area is 156 Å². The van der Waals surface area contributed by atoms with E-state index in [0.29, 0.717) is 39.1 Å². The van der Waals surface area contributed by atoms with Gasteiger partial charge in [0.05, 0.1) is 5.92 Å². The molecule has 7 nitrogen and oxygen atoms in total. The van der Waals surface area contributed by atoms with Crippen LogP contribution < -0.4 is 11.1 Å². The lowest BCUT2D eigenvalue weighted by Gasteiger charge is -2.36. The second-order valence-electron chi connectivity index (χ2n) is 8.69. The molecular weight excluding hydrogens is 332 g/mol. The Balaban J connectivity index is 1.98. The Kier molecular flexibility index (Phi) is 7.03. The monoisotopic (exact) mass is 366 g/mol. The first-order valence-corrected chi connectivity index (χ1v) is 9.79. The third-order valence-corrected chi connectivity index (χ3v) is 5.09. The van der Waals surface area contributed by atoms with E-state index in [2.05, 4.69) is 5.32 Å². The van der Waals surface area contributed by atoms with E-state index in [-0.39, 0.29) is 35.1 Å². The number of likely N-dealkylation sites (tertiary alicyclic amines) is 2. The van der Waals surface area contributed by atoms with E-state index in [1.54, 1.807) is 9.80 Å². The molecule has 2 aliphatic heterocycles. The minimum Gasteiger partial charge on any atom is -0.355 e. The third kappa shape index (κ3) is 5.43. The highest BCUT2D eigenvalue weighted by molar-refractivity contribution is 5.89. The molecule has 0 bridgehead atoms. The molecule has 2 rings (SSSR count). The molecule has 26 heavy (non-hydrogen) atoms. The van der Waals surface area contributed by atoms with Gasteiger partial charge < -0.3 is 20.9 Å². The van der Waals surface area contributed by atoms with Crippen LogP contribution in [0, 0.1) is 11.3 Å². The lowest BCUT2D eigenvalue weighted by molar-refractivity contribution is -0.146. The zero-order chi connectivity index (χ0) is 19.3. The first-order chi connectivity index (χ1) is 12.2. The molecule has 2 atom stereocenters. The standard InChI is InChI=1S/C19H34N4O3/c1-19(2,3)12-16(24)23-11-5-7-15(23)18(26)22-10-4-6-14(13-22)17(25)21-9-8-20/h14-15H,4-13,20H2,1-3H3,(H,21,25). The van der Waals surface area contributed by atoms with E-state index in [0.717, 1.165) is 25.7 Å². The molecule has 2 unspecified atom stereocenters. The minimum atomic E-state index is -0.365. The molecule has 3 N–H and O–H groups in total. The Morgan fingerprint density at radius 2 is 1.81 bits per heavy atom. The van der Waals surface area contributed by atoms with Crippen molar-refractivity contribution in [1.82, 2.24) is 15.1 Å². The number of carbonyl (C=O) groups is 3. The zero-order valence-electron chi connectivity index (χ0n) is 16.4. The summed E-state index contributed by atoms with van der Waals surface area (Å²) in [6.45, 7) is 8.73. The molecule has 0 aliphatic carbocycles. The number of amides is 3. The lowest BCUT2D eigenvalue weighted by Crippen LogP contribution is -2.52. The van der Waals surface area contributed by atoms with Crippen molar-refractivity contribution in [3.8, 4) is 0 Å². The van der Waals surface area contributed by atoms with Gasteiger partial charge in [-0.15, -0.1) is 0 Å². The first-order valence-electron chi connectivity index (χ1n) is 9.79. The number of hydrogen-bond donors (Lipinski definition) is 2. The fraction of sp³-hybridized carbons (Fsp3) is 0.842. The van der Waals surface area contributed by atoms with Gasteiger partial charge in [-0.25, -0.2) is 0 Å². The Morgan fingerprint density at radius 1 is 1.12 bits per heavy atom. The molecule has 3 amide bonds. The number of nitrogens with zero attached hydrogens (tertiary/aromatic N) is 2. The van der Waals surface area contributed by atoms with Crippen molar-refractivity contribution in [3.63, 3.8) is 0 Å². The first kappa shape index (κ1) is 20.7. The summed E-state index contributed by atoms with van der Waals surface area (Å²) >= 11 is 0. The summed E-state index contributed by atoms with van der Waals surface area (Å²) in [6.07, 6.45) is 3.63. The molecule has 2 fully saturated rings. The molecule has 0 aromatic carbocycles. The van der Waals surface area contributed by atoms with Crippen LogP contribution in [0.15, 0.2) is 0 Å². The maximum atomic E-state index is 13.0. The Bertz CT molecular complexity index is 529. The lowest BCUT2D eigenvalue weighted by atomic mass is 9.91. The van der Waals surface area contributed by atoms with Crippen molar-refractivity contribution in [2.24, 2.45) is 17.1 Å². The fourth-order valence-corrected chi connectivity index (χ4v) is 3.82. The van der Waals surface area contributed by atoms with E-state index in [9.17, 15) is 14.4 Å². The highest BCUT2D eigenvalue weighted by Gasteiger charge is 2.39. The summed E-state index contributed by atoms with van der Waals surface area (Å²) in [6, 6.07) is -0.365. The summed E-state index contributed by atoms with van der Waals surface area (Å²) in [5.41, 5.74) is 5.34. The normalized spacial score (nSPS) is 23.8. The molecule has 0 aromatic heterocycles. The van der Waals surface area contributed by atoms with Crippen molar-refractivity contribution < 1.29 is 14.4 Å². The highest BCUT2D eigenvalue weighted by atomic mass is 16.2. The summed E-state index contributed by atoms with van der Waals surface area (Å²) in [5.74, 6) is -0.150. The molecule has 0 spiro atoms. The van der Waals surface area contributed by atoms with Crippen LogP contribution in [-0.4, -0.2) is 66.3 Å². The molecular formula is C19H34N4O3. The van der Waals surface area contributed by atoms with Gasteiger partial charge in [0.15, 0.2) is 0 Å². The van der Waals surface area contributed by atoms with Gasteiger partial charge in [-0.2, -0.15) is 0 Å². The van der Waals surface area contributed by atoms with Crippen LogP contribution in [0.3, 0.4) is 0 Å². The van der Waals surface area contributed by atoms with Crippen molar-refractivity contribution in [2.75, 3.05) is 32.7 Å². The van der Waals surface area contributed by atoms with E-state index < -0.39 is 0 Å². The highest BCUT2D eigenvalue weighted by Crippen LogP contribution is 2.27. The second-order valence-corrected chi connectivity index (χ2v) is 8.69. The van der Waals surface area contributed by atoms with Crippen molar-refractivity contribution in [3.05, 3.63) is 0 Å². The zero-order valence-corrected chi connectivity index (χ0v) is 16.4. The van der Waals surface area contributed by atoms with Crippen LogP contribution in [0.2, 0.25) is 0 Å². The molecule has 2 heterocycles. The van der Waals surface area contributed by atoms with Gasteiger partial charge in [0.2, 0.25) is 17.7 Å². The van der Waals surface area contributed by atoms with Crippen molar-refractivity contribution in [1.29, 1.82) is 0 Å². The molecule has 0 radical (unpaired) electrons. The predicted octanol–water partition coefficient (Wildman–Crippen LogP) is 0.727. The fourth-order valence-electron chi connectivity index (χ4n) is 3.82. The quantitative estimate of drug-likeness (QED) is 0.750. The topological polar surface area (TPSA) is 95.7 Å². The van der Waals surface area contributed by atoms with Gasteiger partial charge >= 0.3 is 0 Å². The number of rotatable bonds is 5. The number of nitrogens with one attached hydrogen (secondary N) is 1. The van der Waals surface area contributed by atoms with Crippen LogP contribution in [0.5, 0.6) is 0 Å². The van der Waals surface area contributed by atoms with Gasteiger partial charge in [-0.3, -0.25) is 14.4 Å². The molecule has 7 heteroatoms. The average molecular weight is 367 g/mol. The molecule has 0 saturated carbocycles. The van der Waals surface area contributed by atoms with Crippen LogP contribution in [0.25, 0.3) is 0 Å². The SMILES string of the molecule is CC(C)(C)CC(=O)N1CCCC1C(=O)N1CCCC(C(=O)NCCN)C1. The van der Waals surface area contributed by atoms with Gasteiger partial charge in [0.1, 0.15) is 6.04 Å². The maximum absolute atomic E-state index is 13.0. The number of hydrogen-bond acceptors (Lipinski definition) is 4. The molecule has 148 valence electrons. The van der Waals surface area contributed by atoms with Crippen LogP contribution in [0.4, 0.5) is 0 Å². The van der Waals surface area contributed by atoms with E-state index in [1.165, 1.54) is 0 Å². The molecule has 2 aliphatic rings. The largest absolute Gasteiger partial charge is 0.355 e. The van der Waals surface area contributed by atoms with E-state index >= 15 is 0 Å². The summed E-state index contributed by atoms with van der Waals surface area (Å²) in [4.78, 5) is 41.4. The second kappa shape index (κ2) is 8.84. The van der Waals surface area contributed by atoms with Gasteiger partial charge in [-0.05, 0) is 31.1 Å². The summed E-state index contributed by atoms with van der Waals surface area (Å²) in [7, 11) is 0. The van der Waals surface area contributed by atoms with Gasteiger partial charge in [-0.1, -0.05) is 20.8 Å². The van der Waals surface area contributed by atoms with Gasteiger partial charge in [0, 0.05) is 39.1 Å². The number of carbonyl (C=O) groups excluding carboxylic acids is 3. The summed E-state index contributed by atoms with van der Waals surface area (Å²) < 4.78 is 0. The molecule has 2 saturated heterocycles. The number of nitrogens with two attached hydrogens (primary N) is 1.